The summed E-state index contributed by atoms with van der Waals surface area (Å²) in [7, 11) is -3.64. The van der Waals surface area contributed by atoms with Gasteiger partial charge in [-0.3, -0.25) is 4.79 Å². The Bertz CT molecular complexity index is 898. The van der Waals surface area contributed by atoms with E-state index in [1.165, 1.54) is 24.3 Å². The fourth-order valence-electron chi connectivity index (χ4n) is 2.37. The van der Waals surface area contributed by atoms with Crippen molar-refractivity contribution in [2.24, 2.45) is 0 Å². The van der Waals surface area contributed by atoms with E-state index in [0.717, 1.165) is 0 Å². The summed E-state index contributed by atoms with van der Waals surface area (Å²) in [5.74, 6) is 0.233. The maximum Gasteiger partial charge on any atom is 0.255 e. The molecule has 2 aromatic rings. The second-order valence-corrected chi connectivity index (χ2v) is 9.18. The number of hydrogen-bond acceptors (Lipinski definition) is 4. The molecular weight excluding hydrogens is 364 g/mol. The lowest BCUT2D eigenvalue weighted by Gasteiger charge is -2.20. The van der Waals surface area contributed by atoms with E-state index in [1.54, 1.807) is 39.0 Å². The molecular formula is C20H26N2O4S. The molecule has 0 atom stereocenters. The highest BCUT2D eigenvalue weighted by atomic mass is 32.2. The van der Waals surface area contributed by atoms with Crippen LogP contribution in [0.5, 0.6) is 5.75 Å². The molecule has 7 heteroatoms. The first-order valence-electron chi connectivity index (χ1n) is 8.69. The molecule has 0 aliphatic carbocycles. The Morgan fingerprint density at radius 2 is 1.59 bits per heavy atom. The Labute approximate surface area is 161 Å². The van der Waals surface area contributed by atoms with Crippen LogP contribution in [0.15, 0.2) is 53.4 Å². The second-order valence-electron chi connectivity index (χ2n) is 7.50. The van der Waals surface area contributed by atoms with Gasteiger partial charge in [-0.05, 0) is 71.0 Å². The van der Waals surface area contributed by atoms with Crippen LogP contribution >= 0.6 is 0 Å². The van der Waals surface area contributed by atoms with Gasteiger partial charge in [-0.25, -0.2) is 13.1 Å². The highest BCUT2D eigenvalue weighted by Crippen LogP contribution is 2.25. The molecule has 0 saturated heterocycles. The van der Waals surface area contributed by atoms with Crippen LogP contribution in [-0.2, 0) is 10.0 Å². The van der Waals surface area contributed by atoms with Crippen molar-refractivity contribution in [3.8, 4) is 5.75 Å². The van der Waals surface area contributed by atoms with Crippen LogP contribution in [0.2, 0.25) is 0 Å². The third-order valence-corrected chi connectivity index (χ3v) is 5.14. The van der Waals surface area contributed by atoms with Crippen LogP contribution in [0.1, 0.15) is 45.0 Å². The molecule has 2 rings (SSSR count). The van der Waals surface area contributed by atoms with Crippen molar-refractivity contribution < 1.29 is 17.9 Å². The fourth-order valence-corrected chi connectivity index (χ4v) is 3.79. The Kier molecular flexibility index (Phi) is 6.28. The van der Waals surface area contributed by atoms with Crippen LogP contribution in [-0.4, -0.2) is 26.0 Å². The van der Waals surface area contributed by atoms with Crippen molar-refractivity contribution in [2.75, 3.05) is 5.32 Å². The standard InChI is InChI=1S/C20H26N2O4S/c1-14(2)26-18-9-7-6-8-17(18)21-19(23)15-10-12-16(13-11-15)27(24,25)22-20(3,4)5/h6-14,22H,1-5H3,(H,21,23). The molecule has 0 aliphatic heterocycles. The summed E-state index contributed by atoms with van der Waals surface area (Å²) >= 11 is 0. The third-order valence-electron chi connectivity index (χ3n) is 3.37. The molecule has 27 heavy (non-hydrogen) atoms. The quantitative estimate of drug-likeness (QED) is 0.786. The van der Waals surface area contributed by atoms with Gasteiger partial charge in [-0.1, -0.05) is 12.1 Å². The number of carbonyl (C=O) groups is 1. The van der Waals surface area contributed by atoms with Gasteiger partial charge in [0.2, 0.25) is 10.0 Å². The zero-order chi connectivity index (χ0) is 20.2. The van der Waals surface area contributed by atoms with Gasteiger partial charge in [0.15, 0.2) is 0 Å². The maximum atomic E-state index is 12.5. The van der Waals surface area contributed by atoms with Crippen molar-refractivity contribution in [3.05, 3.63) is 54.1 Å². The van der Waals surface area contributed by atoms with Gasteiger partial charge >= 0.3 is 0 Å². The molecule has 0 spiro atoms. The molecule has 0 bridgehead atoms. The zero-order valence-corrected chi connectivity index (χ0v) is 17.1. The summed E-state index contributed by atoms with van der Waals surface area (Å²) in [5.41, 5.74) is 0.320. The zero-order valence-electron chi connectivity index (χ0n) is 16.2. The number of para-hydroxylation sites is 2. The highest BCUT2D eigenvalue weighted by Gasteiger charge is 2.22. The Balaban J connectivity index is 2.18. The van der Waals surface area contributed by atoms with Crippen LogP contribution < -0.4 is 14.8 Å². The molecule has 0 aromatic heterocycles. The summed E-state index contributed by atoms with van der Waals surface area (Å²) in [4.78, 5) is 12.6. The normalized spacial score (nSPS) is 12.1. The van der Waals surface area contributed by atoms with Gasteiger partial charge < -0.3 is 10.1 Å². The molecule has 0 unspecified atom stereocenters. The SMILES string of the molecule is CC(C)Oc1ccccc1NC(=O)c1ccc(S(=O)(=O)NC(C)(C)C)cc1. The number of rotatable bonds is 6. The van der Waals surface area contributed by atoms with Crippen LogP contribution in [0, 0.1) is 0 Å². The van der Waals surface area contributed by atoms with Crippen molar-refractivity contribution in [2.45, 2.75) is 51.2 Å². The topological polar surface area (TPSA) is 84.5 Å². The molecule has 0 fully saturated rings. The van der Waals surface area contributed by atoms with Crippen molar-refractivity contribution in [1.82, 2.24) is 4.72 Å². The fraction of sp³-hybridized carbons (Fsp3) is 0.350. The van der Waals surface area contributed by atoms with Gasteiger partial charge in [0.1, 0.15) is 5.75 Å². The van der Waals surface area contributed by atoms with Crippen LogP contribution in [0.4, 0.5) is 5.69 Å². The van der Waals surface area contributed by atoms with Crippen molar-refractivity contribution >= 4 is 21.6 Å². The van der Waals surface area contributed by atoms with E-state index >= 15 is 0 Å². The number of ether oxygens (including phenoxy) is 1. The Morgan fingerprint density at radius 1 is 1.00 bits per heavy atom. The van der Waals surface area contributed by atoms with E-state index in [4.69, 9.17) is 4.74 Å². The first kappa shape index (κ1) is 20.9. The second kappa shape index (κ2) is 8.10. The van der Waals surface area contributed by atoms with E-state index in [2.05, 4.69) is 10.0 Å². The monoisotopic (exact) mass is 390 g/mol. The predicted molar refractivity (Wildman–Crippen MR) is 107 cm³/mol. The number of amides is 1. The summed E-state index contributed by atoms with van der Waals surface area (Å²) in [6.07, 6.45) is -0.0251. The molecule has 6 nitrogen and oxygen atoms in total. The molecule has 2 aromatic carbocycles. The van der Waals surface area contributed by atoms with Crippen LogP contribution in [0.3, 0.4) is 0 Å². The van der Waals surface area contributed by atoms with E-state index in [9.17, 15) is 13.2 Å². The smallest absolute Gasteiger partial charge is 0.255 e. The summed E-state index contributed by atoms with van der Waals surface area (Å²) < 4.78 is 32.9. The summed E-state index contributed by atoms with van der Waals surface area (Å²) in [6, 6.07) is 13.0. The lowest BCUT2D eigenvalue weighted by atomic mass is 10.1. The van der Waals surface area contributed by atoms with Crippen LogP contribution in [0.25, 0.3) is 0 Å². The van der Waals surface area contributed by atoms with Gasteiger partial charge in [0.05, 0.1) is 16.7 Å². The minimum atomic E-state index is -3.64. The number of anilines is 1. The Hall–Kier alpha value is -2.38. The number of benzene rings is 2. The van der Waals surface area contributed by atoms with E-state index in [1.807, 2.05) is 19.9 Å². The van der Waals surface area contributed by atoms with Gasteiger partial charge in [-0.15, -0.1) is 0 Å². The number of hydrogen-bond donors (Lipinski definition) is 2. The van der Waals surface area contributed by atoms with E-state index in [-0.39, 0.29) is 16.9 Å². The minimum Gasteiger partial charge on any atom is -0.489 e. The Morgan fingerprint density at radius 3 is 2.15 bits per heavy atom. The van der Waals surface area contributed by atoms with E-state index < -0.39 is 15.6 Å². The molecule has 0 saturated carbocycles. The summed E-state index contributed by atoms with van der Waals surface area (Å²) in [5, 5.41) is 2.80. The van der Waals surface area contributed by atoms with Gasteiger partial charge in [0.25, 0.3) is 5.91 Å². The number of sulfonamides is 1. The van der Waals surface area contributed by atoms with Crippen molar-refractivity contribution in [3.63, 3.8) is 0 Å². The minimum absolute atomic E-state index is 0.0251. The number of nitrogens with one attached hydrogen (secondary N) is 2. The van der Waals surface area contributed by atoms with Crippen molar-refractivity contribution in [1.29, 1.82) is 0 Å². The lowest BCUT2D eigenvalue weighted by molar-refractivity contribution is 0.102. The van der Waals surface area contributed by atoms with Gasteiger partial charge in [-0.2, -0.15) is 0 Å². The molecule has 0 radical (unpaired) electrons. The average molecular weight is 391 g/mol. The molecule has 0 heterocycles. The predicted octanol–water partition coefficient (Wildman–Crippen LogP) is 3.80. The van der Waals surface area contributed by atoms with Gasteiger partial charge in [0, 0.05) is 11.1 Å². The molecule has 146 valence electrons. The van der Waals surface area contributed by atoms with E-state index in [0.29, 0.717) is 17.0 Å². The molecule has 0 aliphatic rings. The molecule has 1 amide bonds. The largest absolute Gasteiger partial charge is 0.489 e. The molecule has 2 N–H and O–H groups in total. The summed E-state index contributed by atoms with van der Waals surface area (Å²) in [6.45, 7) is 9.11. The highest BCUT2D eigenvalue weighted by molar-refractivity contribution is 7.89. The first-order chi connectivity index (χ1) is 12.5. The third kappa shape index (κ3) is 6.08. The number of carbonyl (C=O) groups excluding carboxylic acids is 1. The maximum absolute atomic E-state index is 12.5. The average Bonchev–Trinajstić information content (AvgIpc) is 2.54. The lowest BCUT2D eigenvalue weighted by Crippen LogP contribution is -2.40. The first-order valence-corrected chi connectivity index (χ1v) is 10.2.